The molecule has 1 unspecified atom stereocenters. The molecule has 1 aliphatic heterocycles. The van der Waals surface area contributed by atoms with Gasteiger partial charge in [0.2, 0.25) is 0 Å². The summed E-state index contributed by atoms with van der Waals surface area (Å²) in [5.74, 6) is 0.831. The number of nitrogens with zero attached hydrogens (tertiary/aromatic N) is 1. The molecule has 0 aliphatic carbocycles. The zero-order chi connectivity index (χ0) is 9.10. The Morgan fingerprint density at radius 1 is 1.69 bits per heavy atom. The molecule has 4 heteroatoms. The third kappa shape index (κ3) is 2.42. The van der Waals surface area contributed by atoms with Crippen LogP contribution in [0.25, 0.3) is 0 Å². The Morgan fingerprint density at radius 2 is 2.54 bits per heavy atom. The molecule has 13 heavy (non-hydrogen) atoms. The van der Waals surface area contributed by atoms with Crippen molar-refractivity contribution in [2.75, 3.05) is 13.2 Å². The first kappa shape index (κ1) is 8.97. The second-order valence-electron chi connectivity index (χ2n) is 2.91. The molecule has 0 radical (unpaired) electrons. The van der Waals surface area contributed by atoms with Crippen LogP contribution in [0.3, 0.4) is 0 Å². The molecule has 0 N–H and O–H groups in total. The number of halogens is 1. The zero-order valence-corrected chi connectivity index (χ0v) is 8.66. The van der Waals surface area contributed by atoms with Crippen LogP contribution in [0.15, 0.2) is 22.9 Å². The average molecular weight is 244 g/mol. The first-order valence-corrected chi connectivity index (χ1v) is 5.00. The highest BCUT2D eigenvalue weighted by atomic mass is 79.9. The summed E-state index contributed by atoms with van der Waals surface area (Å²) in [4.78, 5) is 4.01. The van der Waals surface area contributed by atoms with E-state index < -0.39 is 0 Å². The van der Waals surface area contributed by atoms with Crippen LogP contribution in [0.2, 0.25) is 0 Å². The number of rotatable bonds is 3. The van der Waals surface area contributed by atoms with Crippen LogP contribution in [-0.2, 0) is 4.74 Å². The van der Waals surface area contributed by atoms with Crippen LogP contribution < -0.4 is 4.74 Å². The minimum Gasteiger partial charge on any atom is -0.491 e. The first-order chi connectivity index (χ1) is 6.34. The van der Waals surface area contributed by atoms with E-state index in [1.54, 1.807) is 6.20 Å². The van der Waals surface area contributed by atoms with Crippen LogP contribution >= 0.6 is 15.9 Å². The van der Waals surface area contributed by atoms with Gasteiger partial charge in [-0.3, -0.25) is 0 Å². The van der Waals surface area contributed by atoms with Crippen LogP contribution in [0.4, 0.5) is 0 Å². The normalized spacial score (nSPS) is 20.8. The molecule has 1 atom stereocenters. The molecule has 1 aliphatic rings. The van der Waals surface area contributed by atoms with Gasteiger partial charge in [-0.2, -0.15) is 0 Å². The van der Waals surface area contributed by atoms with Gasteiger partial charge in [-0.15, -0.1) is 0 Å². The van der Waals surface area contributed by atoms with Crippen molar-refractivity contribution in [3.05, 3.63) is 22.9 Å². The number of hydrogen-bond donors (Lipinski definition) is 0. The molecule has 0 bridgehead atoms. The number of ether oxygens (including phenoxy) is 2. The molecular formula is C9H10BrNO2. The number of pyridine rings is 1. The molecule has 3 nitrogen and oxygen atoms in total. The third-order valence-corrected chi connectivity index (χ3v) is 2.36. The van der Waals surface area contributed by atoms with Gasteiger partial charge < -0.3 is 9.47 Å². The Kier molecular flexibility index (Phi) is 2.80. The Balaban J connectivity index is 1.86. The van der Waals surface area contributed by atoms with Gasteiger partial charge in [0, 0.05) is 25.3 Å². The smallest absolute Gasteiger partial charge is 0.123 e. The van der Waals surface area contributed by atoms with Crippen LogP contribution in [0.1, 0.15) is 6.42 Å². The van der Waals surface area contributed by atoms with Crippen molar-refractivity contribution in [1.82, 2.24) is 4.98 Å². The van der Waals surface area contributed by atoms with Crippen molar-refractivity contribution in [3.63, 3.8) is 0 Å². The van der Waals surface area contributed by atoms with Gasteiger partial charge >= 0.3 is 0 Å². The van der Waals surface area contributed by atoms with Crippen molar-refractivity contribution < 1.29 is 9.47 Å². The Hall–Kier alpha value is -0.610. The highest BCUT2D eigenvalue weighted by molar-refractivity contribution is 9.10. The van der Waals surface area contributed by atoms with Crippen molar-refractivity contribution >= 4 is 15.9 Å². The van der Waals surface area contributed by atoms with Crippen molar-refractivity contribution in [2.24, 2.45) is 0 Å². The van der Waals surface area contributed by atoms with Gasteiger partial charge in [-0.05, 0) is 22.0 Å². The summed E-state index contributed by atoms with van der Waals surface area (Å²) in [6.45, 7) is 1.50. The molecule has 1 saturated heterocycles. The second-order valence-corrected chi connectivity index (χ2v) is 3.72. The molecule has 1 aromatic heterocycles. The van der Waals surface area contributed by atoms with E-state index in [2.05, 4.69) is 20.9 Å². The quantitative estimate of drug-likeness (QED) is 0.762. The molecule has 2 heterocycles. The Bertz CT molecular complexity index is 289. The van der Waals surface area contributed by atoms with Gasteiger partial charge in [-0.1, -0.05) is 0 Å². The third-order valence-electron chi connectivity index (χ3n) is 1.93. The molecule has 1 aromatic rings. The summed E-state index contributed by atoms with van der Waals surface area (Å²) < 4.78 is 11.5. The van der Waals surface area contributed by atoms with E-state index in [0.717, 1.165) is 23.4 Å². The maximum absolute atomic E-state index is 5.50. The Labute approximate surface area is 85.2 Å². The summed E-state index contributed by atoms with van der Waals surface area (Å²) in [6, 6.07) is 3.68. The summed E-state index contributed by atoms with van der Waals surface area (Å²) in [7, 11) is 0. The van der Waals surface area contributed by atoms with Gasteiger partial charge in [0.05, 0.1) is 6.10 Å². The Morgan fingerprint density at radius 3 is 3.15 bits per heavy atom. The summed E-state index contributed by atoms with van der Waals surface area (Å²) in [6.07, 6.45) is 3.10. The highest BCUT2D eigenvalue weighted by Crippen LogP contribution is 2.17. The molecule has 2 rings (SSSR count). The SMILES string of the molecule is Brc1cc(OCC2CCO2)ccn1. The fraction of sp³-hybridized carbons (Fsp3) is 0.444. The van der Waals surface area contributed by atoms with E-state index in [1.807, 2.05) is 12.1 Å². The van der Waals surface area contributed by atoms with Gasteiger partial charge in [0.15, 0.2) is 0 Å². The molecule has 0 aromatic carbocycles. The number of aromatic nitrogens is 1. The summed E-state index contributed by atoms with van der Waals surface area (Å²) >= 11 is 3.28. The minimum atomic E-state index is 0.284. The fourth-order valence-electron chi connectivity index (χ4n) is 1.08. The van der Waals surface area contributed by atoms with Crippen molar-refractivity contribution in [3.8, 4) is 5.75 Å². The zero-order valence-electron chi connectivity index (χ0n) is 7.07. The molecule has 0 spiro atoms. The van der Waals surface area contributed by atoms with Crippen LogP contribution in [0.5, 0.6) is 5.75 Å². The molecule has 70 valence electrons. The highest BCUT2D eigenvalue weighted by Gasteiger charge is 2.18. The lowest BCUT2D eigenvalue weighted by atomic mass is 10.2. The maximum Gasteiger partial charge on any atom is 0.123 e. The van der Waals surface area contributed by atoms with E-state index in [0.29, 0.717) is 6.61 Å². The summed E-state index contributed by atoms with van der Waals surface area (Å²) in [5.41, 5.74) is 0. The standard InChI is InChI=1S/C9H10BrNO2/c10-9-5-7(1-3-11-9)13-6-8-2-4-12-8/h1,3,5,8H,2,4,6H2. The van der Waals surface area contributed by atoms with Crippen LogP contribution in [-0.4, -0.2) is 24.3 Å². The van der Waals surface area contributed by atoms with E-state index >= 15 is 0 Å². The second kappa shape index (κ2) is 4.07. The van der Waals surface area contributed by atoms with E-state index in [1.165, 1.54) is 0 Å². The first-order valence-electron chi connectivity index (χ1n) is 4.20. The lowest BCUT2D eigenvalue weighted by Crippen LogP contribution is -2.32. The van der Waals surface area contributed by atoms with Crippen LogP contribution in [0, 0.1) is 0 Å². The monoisotopic (exact) mass is 243 g/mol. The van der Waals surface area contributed by atoms with E-state index in [9.17, 15) is 0 Å². The summed E-state index contributed by atoms with van der Waals surface area (Å²) in [5, 5.41) is 0. The van der Waals surface area contributed by atoms with E-state index in [-0.39, 0.29) is 6.10 Å². The number of hydrogen-bond acceptors (Lipinski definition) is 3. The van der Waals surface area contributed by atoms with E-state index in [4.69, 9.17) is 9.47 Å². The fourth-order valence-corrected chi connectivity index (χ4v) is 1.42. The molecule has 0 saturated carbocycles. The predicted octanol–water partition coefficient (Wildman–Crippen LogP) is 2.01. The van der Waals surface area contributed by atoms with Gasteiger partial charge in [0.1, 0.15) is 17.0 Å². The van der Waals surface area contributed by atoms with Crippen molar-refractivity contribution in [2.45, 2.75) is 12.5 Å². The molecule has 0 amide bonds. The van der Waals surface area contributed by atoms with Crippen molar-refractivity contribution in [1.29, 1.82) is 0 Å². The predicted molar refractivity (Wildman–Crippen MR) is 51.8 cm³/mol. The maximum atomic E-state index is 5.50. The largest absolute Gasteiger partial charge is 0.491 e. The topological polar surface area (TPSA) is 31.4 Å². The molecule has 1 fully saturated rings. The molecular weight excluding hydrogens is 234 g/mol. The van der Waals surface area contributed by atoms with Gasteiger partial charge in [0.25, 0.3) is 0 Å². The lowest BCUT2D eigenvalue weighted by Gasteiger charge is -2.26. The van der Waals surface area contributed by atoms with Gasteiger partial charge in [-0.25, -0.2) is 4.98 Å². The average Bonchev–Trinajstić information content (AvgIpc) is 2.01. The lowest BCUT2D eigenvalue weighted by molar-refractivity contribution is -0.0721. The minimum absolute atomic E-state index is 0.284.